The van der Waals surface area contributed by atoms with E-state index in [1.54, 1.807) is 0 Å². The van der Waals surface area contributed by atoms with Crippen molar-refractivity contribution in [1.82, 2.24) is 5.32 Å². The average molecular weight is 234 g/mol. The van der Waals surface area contributed by atoms with Crippen LogP contribution in [0.1, 0.15) is 6.42 Å². The van der Waals surface area contributed by atoms with Crippen LogP contribution in [0.25, 0.3) is 0 Å². The summed E-state index contributed by atoms with van der Waals surface area (Å²) in [5.74, 6) is -0.160. The van der Waals surface area contributed by atoms with Gasteiger partial charge in [0, 0.05) is 25.3 Å². The van der Waals surface area contributed by atoms with Gasteiger partial charge in [-0.3, -0.25) is 9.36 Å². The first-order chi connectivity index (χ1) is 5.92. The average Bonchev–Trinajstić information content (AvgIpc) is 1.93. The number of rotatable bonds is 7. The van der Waals surface area contributed by atoms with Crippen LogP contribution < -0.4 is 34.8 Å². The summed E-state index contributed by atoms with van der Waals surface area (Å²) in [5.41, 5.74) is 4.86. The zero-order valence-electron chi connectivity index (χ0n) is 7.93. The zero-order chi connectivity index (χ0) is 10.3. The van der Waals surface area contributed by atoms with Gasteiger partial charge < -0.3 is 20.8 Å². The molecule has 0 spiro atoms. The maximum absolute atomic E-state index is 10.2. The SMILES string of the molecule is NC(=O)CCNCCSP(=O)([O-])O.[Li+]. The fourth-order valence-electron chi connectivity index (χ4n) is 0.570. The van der Waals surface area contributed by atoms with Crippen molar-refractivity contribution in [2.75, 3.05) is 18.8 Å². The second-order valence-electron chi connectivity index (χ2n) is 2.27. The Morgan fingerprint density at radius 3 is 2.57 bits per heavy atom. The van der Waals surface area contributed by atoms with Crippen molar-refractivity contribution in [1.29, 1.82) is 0 Å². The molecule has 0 aliphatic rings. The van der Waals surface area contributed by atoms with Gasteiger partial charge in [0.25, 0.3) is 0 Å². The molecule has 6 nitrogen and oxygen atoms in total. The minimum atomic E-state index is -4.20. The van der Waals surface area contributed by atoms with Gasteiger partial charge in [-0.1, -0.05) is 11.4 Å². The summed E-state index contributed by atoms with van der Waals surface area (Å²) in [7, 11) is 0. The van der Waals surface area contributed by atoms with Crippen molar-refractivity contribution in [2.24, 2.45) is 5.73 Å². The third-order valence-corrected chi connectivity index (χ3v) is 3.32. The largest absolute Gasteiger partial charge is 1.00 e. The van der Waals surface area contributed by atoms with Gasteiger partial charge in [0.15, 0.2) is 6.80 Å². The predicted molar refractivity (Wildman–Crippen MR) is 49.0 cm³/mol. The first kappa shape index (κ1) is 16.9. The van der Waals surface area contributed by atoms with E-state index in [-0.39, 0.29) is 31.0 Å². The smallest absolute Gasteiger partial charge is 0.770 e. The van der Waals surface area contributed by atoms with Crippen LogP contribution in [0.5, 0.6) is 0 Å². The monoisotopic (exact) mass is 234 g/mol. The van der Waals surface area contributed by atoms with E-state index in [2.05, 4.69) is 5.32 Å². The summed E-state index contributed by atoms with van der Waals surface area (Å²) in [4.78, 5) is 28.8. The molecule has 4 N–H and O–H groups in total. The van der Waals surface area contributed by atoms with Crippen molar-refractivity contribution in [2.45, 2.75) is 6.42 Å². The maximum atomic E-state index is 10.2. The quantitative estimate of drug-likeness (QED) is 0.233. The summed E-state index contributed by atoms with van der Waals surface area (Å²) in [5, 5.41) is 2.80. The van der Waals surface area contributed by atoms with Crippen molar-refractivity contribution in [3.05, 3.63) is 0 Å². The van der Waals surface area contributed by atoms with E-state index in [0.29, 0.717) is 24.5 Å². The predicted octanol–water partition coefficient (Wildman–Crippen LogP) is -4.35. The molecule has 0 aliphatic carbocycles. The Bertz CT molecular complexity index is 212. The van der Waals surface area contributed by atoms with Gasteiger partial charge in [0.1, 0.15) is 0 Å². The van der Waals surface area contributed by atoms with Gasteiger partial charge in [-0.25, -0.2) is 0 Å². The Hall–Kier alpha value is 0.527. The minimum Gasteiger partial charge on any atom is -0.770 e. The van der Waals surface area contributed by atoms with Crippen LogP contribution in [-0.2, 0) is 9.36 Å². The second kappa shape index (κ2) is 8.81. The zero-order valence-corrected chi connectivity index (χ0v) is 9.64. The fraction of sp³-hybridized carbons (Fsp3) is 0.800. The molecular formula is C5H12LiN2O4PS. The molecule has 0 saturated carbocycles. The van der Waals surface area contributed by atoms with Crippen molar-refractivity contribution >= 4 is 24.1 Å². The molecule has 0 aromatic heterocycles. The normalized spacial score (nSPS) is 14.1. The maximum Gasteiger partial charge on any atom is 1.00 e. The summed E-state index contributed by atoms with van der Waals surface area (Å²) in [6.07, 6.45) is 0.221. The van der Waals surface area contributed by atoms with E-state index >= 15 is 0 Å². The molecule has 0 aromatic rings. The number of nitrogens with one attached hydrogen (secondary N) is 1. The van der Waals surface area contributed by atoms with E-state index in [9.17, 15) is 14.3 Å². The van der Waals surface area contributed by atoms with Gasteiger partial charge in [-0.15, -0.1) is 0 Å². The second-order valence-corrected chi connectivity index (χ2v) is 6.03. The molecule has 1 atom stereocenters. The van der Waals surface area contributed by atoms with Gasteiger partial charge in [0.2, 0.25) is 5.91 Å². The number of nitrogens with two attached hydrogens (primary N) is 1. The molecule has 0 fully saturated rings. The number of hydrogen-bond acceptors (Lipinski definition) is 5. The topological polar surface area (TPSA) is 115 Å². The number of hydrogen-bond donors (Lipinski definition) is 3. The Balaban J connectivity index is 0. The summed E-state index contributed by atoms with van der Waals surface area (Å²) >= 11 is 0.469. The van der Waals surface area contributed by atoms with E-state index in [1.165, 1.54) is 0 Å². The molecule has 9 heteroatoms. The molecular weight excluding hydrogens is 222 g/mol. The van der Waals surface area contributed by atoms with Gasteiger partial charge in [0.05, 0.1) is 0 Å². The Morgan fingerprint density at radius 1 is 1.57 bits per heavy atom. The van der Waals surface area contributed by atoms with Crippen LogP contribution in [0.15, 0.2) is 0 Å². The molecule has 0 radical (unpaired) electrons. The number of amides is 1. The molecule has 78 valence electrons. The summed E-state index contributed by atoms with van der Waals surface area (Å²) in [6, 6.07) is 0. The Labute approximate surface area is 98.5 Å². The minimum absolute atomic E-state index is 0. The number of primary amides is 1. The molecule has 1 amide bonds. The van der Waals surface area contributed by atoms with E-state index in [0.717, 1.165) is 0 Å². The van der Waals surface area contributed by atoms with Crippen molar-refractivity contribution < 1.29 is 38.0 Å². The molecule has 0 aromatic carbocycles. The fourth-order valence-corrected chi connectivity index (χ4v) is 2.00. The molecule has 1 unspecified atom stereocenters. The number of carbonyl (C=O) groups excluding carboxylic acids is 1. The van der Waals surface area contributed by atoms with E-state index < -0.39 is 12.7 Å². The molecule has 14 heavy (non-hydrogen) atoms. The third-order valence-electron chi connectivity index (χ3n) is 1.08. The van der Waals surface area contributed by atoms with Crippen LogP contribution in [0.2, 0.25) is 0 Å². The van der Waals surface area contributed by atoms with E-state index in [1.807, 2.05) is 0 Å². The van der Waals surface area contributed by atoms with Crippen molar-refractivity contribution in [3.8, 4) is 0 Å². The van der Waals surface area contributed by atoms with Crippen LogP contribution in [0, 0.1) is 0 Å². The third kappa shape index (κ3) is 15.0. The number of carbonyl (C=O) groups is 1. The standard InChI is InChI=1S/C5H13N2O4PS.Li/c6-5(8)1-2-7-3-4-13-12(9,10)11;/h7H,1-4H2,(H2,6,8)(H2,9,10,11);/q;+1/p-1. The van der Waals surface area contributed by atoms with Crippen LogP contribution in [0.3, 0.4) is 0 Å². The molecule has 0 rings (SSSR count). The van der Waals surface area contributed by atoms with Crippen LogP contribution in [0.4, 0.5) is 0 Å². The van der Waals surface area contributed by atoms with Crippen LogP contribution >= 0.6 is 18.2 Å². The Kier molecular flexibility index (Phi) is 10.7. The molecule has 0 heterocycles. The first-order valence-electron chi connectivity index (χ1n) is 3.59. The molecule has 0 bridgehead atoms. The van der Waals surface area contributed by atoms with Crippen molar-refractivity contribution in [3.63, 3.8) is 0 Å². The summed E-state index contributed by atoms with van der Waals surface area (Å²) in [6.45, 7) is -3.37. The Morgan fingerprint density at radius 2 is 2.14 bits per heavy atom. The van der Waals surface area contributed by atoms with Gasteiger partial charge >= 0.3 is 18.9 Å². The van der Waals surface area contributed by atoms with Gasteiger partial charge in [-0.2, -0.15) is 0 Å². The van der Waals surface area contributed by atoms with Crippen LogP contribution in [-0.4, -0.2) is 29.6 Å². The molecule has 0 aliphatic heterocycles. The summed E-state index contributed by atoms with van der Waals surface area (Å²) < 4.78 is 10.2. The molecule has 0 saturated heterocycles. The van der Waals surface area contributed by atoms with E-state index in [4.69, 9.17) is 10.6 Å². The first-order valence-corrected chi connectivity index (χ1v) is 6.76. The van der Waals surface area contributed by atoms with Gasteiger partial charge in [-0.05, 0) is 0 Å².